The van der Waals surface area contributed by atoms with E-state index in [0.29, 0.717) is 19.0 Å². The van der Waals surface area contributed by atoms with Crippen LogP contribution in [-0.4, -0.2) is 43.2 Å². The summed E-state index contributed by atoms with van der Waals surface area (Å²) in [5.74, 6) is 1.56. The van der Waals surface area contributed by atoms with E-state index in [2.05, 4.69) is 20.6 Å². The number of halogens is 1. The van der Waals surface area contributed by atoms with Crippen molar-refractivity contribution in [2.24, 2.45) is 4.99 Å². The fraction of sp³-hybridized carbons (Fsp3) is 0.400. The van der Waals surface area contributed by atoms with Crippen molar-refractivity contribution in [1.29, 1.82) is 0 Å². The fourth-order valence-electron chi connectivity index (χ4n) is 2.46. The Hall–Kier alpha value is -1.87. The third kappa shape index (κ3) is 7.34. The molecule has 0 aliphatic carbocycles. The lowest BCUT2D eigenvalue weighted by atomic mass is 9.96. The minimum absolute atomic E-state index is 0. The molecule has 6 nitrogen and oxygen atoms in total. The summed E-state index contributed by atoms with van der Waals surface area (Å²) in [6.07, 6.45) is 0. The highest BCUT2D eigenvalue weighted by atomic mass is 127. The van der Waals surface area contributed by atoms with Crippen LogP contribution >= 0.6 is 24.0 Å². The first-order valence-corrected chi connectivity index (χ1v) is 8.85. The summed E-state index contributed by atoms with van der Waals surface area (Å²) in [7, 11) is 3.93. The molecular weight excluding hydrogens is 453 g/mol. The van der Waals surface area contributed by atoms with Crippen LogP contribution in [0.25, 0.3) is 0 Å². The molecule has 2 aromatic rings. The molecule has 0 aliphatic rings. The number of rotatable bonds is 7. The smallest absolute Gasteiger partial charge is 0.191 e. The predicted octanol–water partition coefficient (Wildman–Crippen LogP) is 2.73. The van der Waals surface area contributed by atoms with Crippen LogP contribution in [0.2, 0.25) is 0 Å². The number of nitrogens with zero attached hydrogens (tertiary/aromatic N) is 3. The lowest BCUT2D eigenvalue weighted by molar-refractivity contribution is 0.0617. The minimum Gasteiger partial charge on any atom is -0.384 e. The maximum Gasteiger partial charge on any atom is 0.191 e. The molecule has 0 fully saturated rings. The van der Waals surface area contributed by atoms with Crippen LogP contribution in [0, 0.1) is 0 Å². The Balaban J connectivity index is 0.00000364. The standard InChI is InChI=1S/C20H29N5O.HI/c1-5-21-19(22-14-17-12-9-13-18(24-17)25(3)4)23-15-20(2,26)16-10-7-6-8-11-16;/h6-13,26H,5,14-15H2,1-4H3,(H2,21,22,23);1H. The van der Waals surface area contributed by atoms with Gasteiger partial charge in [0.15, 0.2) is 5.96 Å². The van der Waals surface area contributed by atoms with Gasteiger partial charge < -0.3 is 20.6 Å². The van der Waals surface area contributed by atoms with Crippen LogP contribution < -0.4 is 15.5 Å². The summed E-state index contributed by atoms with van der Waals surface area (Å²) in [6, 6.07) is 15.5. The van der Waals surface area contributed by atoms with Gasteiger partial charge in [-0.2, -0.15) is 0 Å². The van der Waals surface area contributed by atoms with Crippen molar-refractivity contribution in [1.82, 2.24) is 15.6 Å². The first-order chi connectivity index (χ1) is 12.4. The summed E-state index contributed by atoms with van der Waals surface area (Å²) in [4.78, 5) is 11.1. The molecule has 0 aliphatic heterocycles. The van der Waals surface area contributed by atoms with Crippen LogP contribution in [0.15, 0.2) is 53.5 Å². The number of aliphatic imine (C=N–C) groups is 1. The highest BCUT2D eigenvalue weighted by Crippen LogP contribution is 2.18. The molecule has 0 amide bonds. The average molecular weight is 483 g/mol. The third-order valence-corrected chi connectivity index (χ3v) is 3.99. The molecule has 2 rings (SSSR count). The number of pyridine rings is 1. The van der Waals surface area contributed by atoms with Crippen LogP contribution in [0.4, 0.5) is 5.82 Å². The van der Waals surface area contributed by atoms with Gasteiger partial charge in [-0.05, 0) is 31.5 Å². The maximum absolute atomic E-state index is 10.7. The number of benzene rings is 1. The first-order valence-electron chi connectivity index (χ1n) is 8.85. The van der Waals surface area contributed by atoms with Crippen molar-refractivity contribution in [3.8, 4) is 0 Å². The molecule has 1 unspecified atom stereocenters. The number of guanidine groups is 1. The second kappa shape index (κ2) is 11.1. The summed E-state index contributed by atoms with van der Waals surface area (Å²) in [5, 5.41) is 17.1. The Morgan fingerprint density at radius 1 is 1.11 bits per heavy atom. The summed E-state index contributed by atoms with van der Waals surface area (Å²) in [6.45, 7) is 5.36. The lowest BCUT2D eigenvalue weighted by Crippen LogP contribution is -2.44. The van der Waals surface area contributed by atoms with Gasteiger partial charge in [0.25, 0.3) is 0 Å². The fourth-order valence-corrected chi connectivity index (χ4v) is 2.46. The van der Waals surface area contributed by atoms with E-state index in [1.807, 2.05) is 74.4 Å². The van der Waals surface area contributed by atoms with Crippen LogP contribution in [0.5, 0.6) is 0 Å². The second-order valence-electron chi connectivity index (χ2n) is 6.57. The zero-order chi connectivity index (χ0) is 19.0. The summed E-state index contributed by atoms with van der Waals surface area (Å²) >= 11 is 0. The second-order valence-corrected chi connectivity index (χ2v) is 6.57. The topological polar surface area (TPSA) is 72.8 Å². The number of aliphatic hydroxyl groups is 1. The summed E-state index contributed by atoms with van der Waals surface area (Å²) in [5.41, 5.74) is 0.771. The zero-order valence-electron chi connectivity index (χ0n) is 16.4. The van der Waals surface area contributed by atoms with Crippen molar-refractivity contribution >= 4 is 35.8 Å². The monoisotopic (exact) mass is 483 g/mol. The van der Waals surface area contributed by atoms with Gasteiger partial charge in [-0.15, -0.1) is 24.0 Å². The van der Waals surface area contributed by atoms with E-state index in [1.165, 1.54) is 0 Å². The predicted molar refractivity (Wildman–Crippen MR) is 123 cm³/mol. The molecule has 3 N–H and O–H groups in total. The van der Waals surface area contributed by atoms with Gasteiger partial charge in [0.1, 0.15) is 11.4 Å². The van der Waals surface area contributed by atoms with Gasteiger partial charge in [-0.1, -0.05) is 36.4 Å². The van der Waals surface area contributed by atoms with Crippen molar-refractivity contribution in [2.45, 2.75) is 26.0 Å². The van der Waals surface area contributed by atoms with E-state index in [1.54, 1.807) is 6.92 Å². The minimum atomic E-state index is -0.986. The van der Waals surface area contributed by atoms with Gasteiger partial charge >= 0.3 is 0 Å². The number of nitrogens with one attached hydrogen (secondary N) is 2. The van der Waals surface area contributed by atoms with Crippen LogP contribution in [-0.2, 0) is 12.1 Å². The molecule has 1 atom stereocenters. The number of hydrogen-bond donors (Lipinski definition) is 3. The highest BCUT2D eigenvalue weighted by molar-refractivity contribution is 14.0. The van der Waals surface area contributed by atoms with E-state index in [-0.39, 0.29) is 24.0 Å². The Morgan fingerprint density at radius 3 is 2.44 bits per heavy atom. The Labute approximate surface area is 179 Å². The van der Waals surface area contributed by atoms with Crippen molar-refractivity contribution in [3.63, 3.8) is 0 Å². The normalized spacial score (nSPS) is 13.3. The van der Waals surface area contributed by atoms with E-state index in [9.17, 15) is 5.11 Å². The number of anilines is 1. The molecule has 0 saturated carbocycles. The van der Waals surface area contributed by atoms with Crippen molar-refractivity contribution < 1.29 is 5.11 Å². The van der Waals surface area contributed by atoms with Gasteiger partial charge in [0.05, 0.1) is 18.8 Å². The van der Waals surface area contributed by atoms with Gasteiger partial charge in [-0.3, -0.25) is 0 Å². The van der Waals surface area contributed by atoms with E-state index in [0.717, 1.165) is 23.6 Å². The van der Waals surface area contributed by atoms with Gasteiger partial charge in [0.2, 0.25) is 0 Å². The molecule has 1 aromatic carbocycles. The quantitative estimate of drug-likeness (QED) is 0.321. The Bertz CT molecular complexity index is 719. The van der Waals surface area contributed by atoms with Crippen LogP contribution in [0.3, 0.4) is 0 Å². The van der Waals surface area contributed by atoms with E-state index in [4.69, 9.17) is 0 Å². The van der Waals surface area contributed by atoms with Gasteiger partial charge in [0, 0.05) is 20.6 Å². The molecule has 1 aromatic heterocycles. The molecule has 7 heteroatoms. The molecular formula is C20H30IN5O. The molecule has 0 saturated heterocycles. The maximum atomic E-state index is 10.7. The average Bonchev–Trinajstić information content (AvgIpc) is 2.65. The van der Waals surface area contributed by atoms with Gasteiger partial charge in [-0.25, -0.2) is 9.98 Å². The lowest BCUT2D eigenvalue weighted by Gasteiger charge is -2.25. The van der Waals surface area contributed by atoms with E-state index < -0.39 is 5.60 Å². The molecule has 148 valence electrons. The van der Waals surface area contributed by atoms with Crippen molar-refractivity contribution in [2.75, 3.05) is 32.1 Å². The number of hydrogen-bond acceptors (Lipinski definition) is 4. The highest BCUT2D eigenvalue weighted by Gasteiger charge is 2.22. The number of aromatic nitrogens is 1. The van der Waals surface area contributed by atoms with Crippen LogP contribution in [0.1, 0.15) is 25.1 Å². The largest absolute Gasteiger partial charge is 0.384 e. The van der Waals surface area contributed by atoms with E-state index >= 15 is 0 Å². The zero-order valence-corrected chi connectivity index (χ0v) is 18.8. The first kappa shape index (κ1) is 23.2. The SMILES string of the molecule is CCNC(=NCc1cccc(N(C)C)n1)NCC(C)(O)c1ccccc1.I. The van der Waals surface area contributed by atoms with Crippen molar-refractivity contribution in [3.05, 3.63) is 59.8 Å². The summed E-state index contributed by atoms with van der Waals surface area (Å²) < 4.78 is 0. The molecule has 0 bridgehead atoms. The molecule has 1 heterocycles. The Kier molecular flexibility index (Phi) is 9.51. The molecule has 27 heavy (non-hydrogen) atoms. The molecule has 0 spiro atoms. The third-order valence-electron chi connectivity index (χ3n) is 3.99. The Morgan fingerprint density at radius 2 is 1.81 bits per heavy atom. The molecule has 0 radical (unpaired) electrons.